The fraction of sp³-hybridized carbons (Fsp3) is 0.263. The summed E-state index contributed by atoms with van der Waals surface area (Å²) in [4.78, 5) is 56.3. The lowest BCUT2D eigenvalue weighted by molar-refractivity contribution is -0.141. The molecule has 13 heteroatoms. The molecule has 1 N–H and O–H groups in total. The summed E-state index contributed by atoms with van der Waals surface area (Å²) in [5, 5.41) is 4.87. The number of aromatic nitrogens is 2. The maximum Gasteiger partial charge on any atom is 0.337 e. The van der Waals surface area contributed by atoms with Crippen molar-refractivity contribution < 1.29 is 28.7 Å². The smallest absolute Gasteiger partial charge is 0.337 e. The van der Waals surface area contributed by atoms with Gasteiger partial charge in [-0.2, -0.15) is 4.99 Å². The van der Waals surface area contributed by atoms with Crippen molar-refractivity contribution in [2.45, 2.75) is 6.54 Å². The Bertz CT molecular complexity index is 1220. The van der Waals surface area contributed by atoms with Crippen LogP contribution in [0.2, 0.25) is 0 Å². The number of rotatable bonds is 8. The van der Waals surface area contributed by atoms with Gasteiger partial charge in [-0.1, -0.05) is 11.3 Å². The van der Waals surface area contributed by atoms with E-state index < -0.39 is 17.8 Å². The third kappa shape index (κ3) is 6.02. The van der Waals surface area contributed by atoms with E-state index in [-0.39, 0.29) is 28.8 Å². The van der Waals surface area contributed by atoms with Crippen LogP contribution in [0.15, 0.2) is 34.8 Å². The monoisotopic (exact) mass is 494 g/mol. The molecule has 0 aliphatic carbocycles. The van der Waals surface area contributed by atoms with Crippen LogP contribution in [0.5, 0.6) is 0 Å². The number of thiazole rings is 2. The average Bonchev–Trinajstić information content (AvgIpc) is 3.40. The third-order valence-corrected chi connectivity index (χ3v) is 6.62. The van der Waals surface area contributed by atoms with E-state index in [1.807, 2.05) is 0 Å². The van der Waals surface area contributed by atoms with Crippen molar-refractivity contribution in [2.24, 2.45) is 4.99 Å². The van der Waals surface area contributed by atoms with Crippen LogP contribution in [0.1, 0.15) is 10.4 Å². The van der Waals surface area contributed by atoms with Crippen LogP contribution in [-0.2, 0) is 30.4 Å². The first-order valence-electron chi connectivity index (χ1n) is 9.04. The first kappa shape index (κ1) is 23.6. The lowest BCUT2D eigenvalue weighted by Gasteiger charge is -2.04. The number of carbonyl (C=O) groups excluding carboxylic acids is 4. The second-order valence-corrected chi connectivity index (χ2v) is 8.99. The number of ether oxygens (including phenoxy) is 2. The number of esters is 2. The average molecular weight is 495 g/mol. The summed E-state index contributed by atoms with van der Waals surface area (Å²) in [6.07, 6.45) is 1.58. The van der Waals surface area contributed by atoms with E-state index in [1.165, 1.54) is 25.6 Å². The number of benzene rings is 1. The number of amides is 2. The molecule has 0 fully saturated rings. The molecule has 2 heterocycles. The van der Waals surface area contributed by atoms with Crippen molar-refractivity contribution in [1.29, 1.82) is 0 Å². The topological polar surface area (TPSA) is 129 Å². The standard InChI is InChI=1S/C19H18N4O6S3/c1-28-16(26)8-23-12-4-3-11(17(27)29-2)7-13(12)32-19(23)22-15(25)10-30-9-14(24)21-18-20-5-6-31-18/h3-7H,8-10H2,1-2H3,(H,20,21,24). The zero-order valence-corrected chi connectivity index (χ0v) is 19.5. The van der Waals surface area contributed by atoms with E-state index in [4.69, 9.17) is 9.47 Å². The maximum atomic E-state index is 12.4. The molecule has 0 unspecified atom stereocenters. The largest absolute Gasteiger partial charge is 0.468 e. The Kier molecular flexibility index (Phi) is 8.14. The molecule has 0 radical (unpaired) electrons. The Balaban J connectivity index is 1.77. The molecule has 1 aromatic carbocycles. The van der Waals surface area contributed by atoms with Gasteiger partial charge in [0.15, 0.2) is 9.93 Å². The number of hydrogen-bond acceptors (Lipinski definition) is 10. The molecular formula is C19H18N4O6S3. The van der Waals surface area contributed by atoms with Crippen LogP contribution in [-0.4, -0.2) is 59.0 Å². The number of thioether (sulfide) groups is 1. The van der Waals surface area contributed by atoms with Gasteiger partial charge in [-0.3, -0.25) is 14.4 Å². The summed E-state index contributed by atoms with van der Waals surface area (Å²) in [5.41, 5.74) is 0.959. The molecule has 168 valence electrons. The molecule has 0 saturated carbocycles. The molecule has 0 atom stereocenters. The number of carbonyl (C=O) groups is 4. The molecule has 0 aliphatic heterocycles. The predicted octanol–water partition coefficient (Wildman–Crippen LogP) is 1.92. The fourth-order valence-electron chi connectivity index (χ4n) is 2.56. The first-order chi connectivity index (χ1) is 15.4. The van der Waals surface area contributed by atoms with E-state index in [9.17, 15) is 19.2 Å². The summed E-state index contributed by atoms with van der Waals surface area (Å²) in [6.45, 7) is -0.149. The van der Waals surface area contributed by atoms with E-state index in [2.05, 4.69) is 15.3 Å². The Morgan fingerprint density at radius 3 is 2.69 bits per heavy atom. The molecule has 10 nitrogen and oxygen atoms in total. The molecule has 3 aromatic rings. The lowest BCUT2D eigenvalue weighted by Crippen LogP contribution is -2.23. The van der Waals surface area contributed by atoms with E-state index in [0.717, 1.165) is 23.1 Å². The van der Waals surface area contributed by atoms with Gasteiger partial charge in [-0.15, -0.1) is 23.1 Å². The molecule has 2 amide bonds. The quantitative estimate of drug-likeness (QED) is 0.470. The van der Waals surface area contributed by atoms with E-state index in [0.29, 0.717) is 20.9 Å². The van der Waals surface area contributed by atoms with Crippen molar-refractivity contribution >= 4 is 73.5 Å². The number of methoxy groups -OCH3 is 2. The van der Waals surface area contributed by atoms with Crippen molar-refractivity contribution in [3.63, 3.8) is 0 Å². The summed E-state index contributed by atoms with van der Waals surface area (Å²) in [7, 11) is 2.55. The molecule has 2 aromatic heterocycles. The van der Waals surface area contributed by atoms with Crippen molar-refractivity contribution in [1.82, 2.24) is 9.55 Å². The number of nitrogens with one attached hydrogen (secondary N) is 1. The van der Waals surface area contributed by atoms with Gasteiger partial charge in [0.25, 0.3) is 5.91 Å². The van der Waals surface area contributed by atoms with Gasteiger partial charge in [-0.05, 0) is 18.2 Å². The highest BCUT2D eigenvalue weighted by atomic mass is 32.2. The van der Waals surface area contributed by atoms with E-state index in [1.54, 1.807) is 34.3 Å². The Labute approximate surface area is 194 Å². The van der Waals surface area contributed by atoms with Gasteiger partial charge in [0, 0.05) is 11.6 Å². The minimum atomic E-state index is -0.510. The zero-order chi connectivity index (χ0) is 23.1. The normalized spacial score (nSPS) is 11.4. The Hall–Kier alpha value is -3.03. The lowest BCUT2D eigenvalue weighted by atomic mass is 10.2. The Morgan fingerprint density at radius 2 is 2.00 bits per heavy atom. The predicted molar refractivity (Wildman–Crippen MR) is 122 cm³/mol. The van der Waals surface area contributed by atoms with Crippen molar-refractivity contribution in [3.8, 4) is 0 Å². The van der Waals surface area contributed by atoms with Gasteiger partial charge in [0.05, 0.1) is 41.5 Å². The zero-order valence-electron chi connectivity index (χ0n) is 17.0. The minimum Gasteiger partial charge on any atom is -0.468 e. The SMILES string of the molecule is COC(=O)Cn1c(=NC(=O)CSCC(=O)Nc2nccs2)sc2cc(C(=O)OC)ccc21. The third-order valence-electron chi connectivity index (χ3n) is 3.98. The Morgan fingerprint density at radius 1 is 1.19 bits per heavy atom. The van der Waals surface area contributed by atoms with Gasteiger partial charge in [0.1, 0.15) is 6.54 Å². The molecule has 32 heavy (non-hydrogen) atoms. The minimum absolute atomic E-state index is 0.0226. The van der Waals surface area contributed by atoms with Gasteiger partial charge < -0.3 is 19.4 Å². The highest BCUT2D eigenvalue weighted by Gasteiger charge is 2.15. The van der Waals surface area contributed by atoms with Crippen LogP contribution in [0.3, 0.4) is 0 Å². The highest BCUT2D eigenvalue weighted by molar-refractivity contribution is 8.00. The number of fused-ring (bicyclic) bond motifs is 1. The van der Waals surface area contributed by atoms with Crippen LogP contribution >= 0.6 is 34.4 Å². The van der Waals surface area contributed by atoms with E-state index >= 15 is 0 Å². The summed E-state index contributed by atoms with van der Waals surface area (Å²) < 4.78 is 11.7. The second-order valence-electron chi connectivity index (χ2n) is 6.10. The molecule has 0 aliphatic rings. The number of nitrogens with zero attached hydrogens (tertiary/aromatic N) is 3. The molecule has 0 spiro atoms. The van der Waals surface area contributed by atoms with Crippen molar-refractivity contribution in [3.05, 3.63) is 40.1 Å². The summed E-state index contributed by atoms with van der Waals surface area (Å²) in [5.74, 6) is -1.69. The van der Waals surface area contributed by atoms with Gasteiger partial charge in [-0.25, -0.2) is 9.78 Å². The molecule has 0 bridgehead atoms. The molecular weight excluding hydrogens is 476 g/mol. The van der Waals surface area contributed by atoms with Gasteiger partial charge in [0.2, 0.25) is 5.91 Å². The fourth-order valence-corrected chi connectivity index (χ4v) is 4.79. The number of hydrogen-bond donors (Lipinski definition) is 1. The molecule has 3 rings (SSSR count). The van der Waals surface area contributed by atoms with Crippen LogP contribution in [0, 0.1) is 0 Å². The summed E-state index contributed by atoms with van der Waals surface area (Å²) in [6, 6.07) is 4.83. The molecule has 0 saturated heterocycles. The van der Waals surface area contributed by atoms with Crippen LogP contribution in [0.4, 0.5) is 5.13 Å². The second kappa shape index (κ2) is 11.0. The number of anilines is 1. The highest BCUT2D eigenvalue weighted by Crippen LogP contribution is 2.20. The first-order valence-corrected chi connectivity index (χ1v) is 11.9. The van der Waals surface area contributed by atoms with Crippen LogP contribution in [0.25, 0.3) is 10.2 Å². The van der Waals surface area contributed by atoms with Gasteiger partial charge >= 0.3 is 11.9 Å². The van der Waals surface area contributed by atoms with Crippen LogP contribution < -0.4 is 10.1 Å². The van der Waals surface area contributed by atoms with Crippen molar-refractivity contribution in [2.75, 3.05) is 31.0 Å². The maximum absolute atomic E-state index is 12.4. The summed E-state index contributed by atoms with van der Waals surface area (Å²) >= 11 is 3.57.